The smallest absolute Gasteiger partial charge is 0.233 e. The first kappa shape index (κ1) is 21.5. The van der Waals surface area contributed by atoms with E-state index in [2.05, 4.69) is 22.0 Å². The van der Waals surface area contributed by atoms with Gasteiger partial charge in [0.25, 0.3) is 0 Å². The Kier molecular flexibility index (Phi) is 6.85. The largest absolute Gasteiger partial charge is 0.324 e. The molecule has 0 radical (unpaired) electrons. The van der Waals surface area contributed by atoms with Crippen LogP contribution in [0.2, 0.25) is 5.02 Å². The van der Waals surface area contributed by atoms with Gasteiger partial charge in [-0.15, -0.1) is 0 Å². The molecule has 30 heavy (non-hydrogen) atoms. The number of benzene rings is 2. The third-order valence-electron chi connectivity index (χ3n) is 4.70. The molecule has 0 aliphatic heterocycles. The number of aromatic nitrogens is 2. The summed E-state index contributed by atoms with van der Waals surface area (Å²) in [7, 11) is 0. The second-order valence-electron chi connectivity index (χ2n) is 7.25. The molecule has 0 bridgehead atoms. The van der Waals surface area contributed by atoms with Crippen LogP contribution in [0.1, 0.15) is 38.7 Å². The molecular weight excluding hydrogens is 396 g/mol. The van der Waals surface area contributed by atoms with Crippen LogP contribution in [0.4, 0.5) is 11.6 Å². The topological polar surface area (TPSA) is 59.3 Å². The van der Waals surface area contributed by atoms with Gasteiger partial charge in [-0.05, 0) is 44.7 Å². The molecular formula is C24H25ClN4O. The number of hydrogen-bond acceptors (Lipinski definition) is 3. The molecule has 0 saturated carbocycles. The zero-order valence-electron chi connectivity index (χ0n) is 17.4. The Balaban J connectivity index is 1.91. The van der Waals surface area contributed by atoms with Crippen LogP contribution in [0.3, 0.4) is 0 Å². The molecule has 1 N–H and O–H groups in total. The summed E-state index contributed by atoms with van der Waals surface area (Å²) in [4.78, 5) is 21.5. The number of imidazole rings is 1. The molecule has 0 saturated heterocycles. The number of aliphatic imine (C=N–C) groups is 1. The number of nitrogens with one attached hydrogen (secondary N) is 1. The van der Waals surface area contributed by atoms with Gasteiger partial charge in [-0.1, -0.05) is 60.5 Å². The zero-order chi connectivity index (χ0) is 21.7. The molecule has 3 rings (SSSR count). The average molecular weight is 421 g/mol. The standard InChI is InChI=1S/C24H25ClN4O/c1-5-19(17-9-7-6-8-10-17)23(30)27-21-13-18(11-12-20(21)25)22-15-29(14-16(2)3)24(26-4)28-22/h6-15,19H,4-5H2,1-3H3,(H,27,30). The van der Waals surface area contributed by atoms with Gasteiger partial charge >= 0.3 is 0 Å². The molecule has 1 heterocycles. The number of allylic oxidation sites excluding steroid dienone is 1. The fourth-order valence-corrected chi connectivity index (χ4v) is 3.44. The van der Waals surface area contributed by atoms with Crippen molar-refractivity contribution in [2.24, 2.45) is 4.99 Å². The first-order valence-corrected chi connectivity index (χ1v) is 10.2. The maximum absolute atomic E-state index is 12.9. The summed E-state index contributed by atoms with van der Waals surface area (Å²) in [6.45, 7) is 9.59. The Morgan fingerprint density at radius 3 is 2.63 bits per heavy atom. The van der Waals surface area contributed by atoms with Gasteiger partial charge in [0, 0.05) is 18.0 Å². The van der Waals surface area contributed by atoms with E-state index in [1.165, 1.54) is 0 Å². The minimum absolute atomic E-state index is 0.0914. The monoisotopic (exact) mass is 420 g/mol. The third-order valence-corrected chi connectivity index (χ3v) is 5.03. The fourth-order valence-electron chi connectivity index (χ4n) is 3.27. The highest BCUT2D eigenvalue weighted by atomic mass is 35.5. The van der Waals surface area contributed by atoms with Crippen molar-refractivity contribution in [3.8, 4) is 11.3 Å². The van der Waals surface area contributed by atoms with Gasteiger partial charge in [-0.25, -0.2) is 9.98 Å². The second kappa shape index (κ2) is 9.55. The van der Waals surface area contributed by atoms with Gasteiger partial charge in [0.1, 0.15) is 0 Å². The van der Waals surface area contributed by atoms with E-state index in [4.69, 9.17) is 11.6 Å². The maximum atomic E-state index is 12.9. The number of anilines is 1. The number of carbonyl (C=O) groups is 1. The van der Waals surface area contributed by atoms with Gasteiger partial charge in [-0.3, -0.25) is 9.36 Å². The summed E-state index contributed by atoms with van der Waals surface area (Å²) in [5.74, 6) is 0.160. The molecule has 154 valence electrons. The number of carbonyl (C=O) groups excluding carboxylic acids is 1. The van der Waals surface area contributed by atoms with E-state index < -0.39 is 0 Å². The minimum Gasteiger partial charge on any atom is -0.324 e. The fraction of sp³-hybridized carbons (Fsp3) is 0.208. The summed E-state index contributed by atoms with van der Waals surface area (Å²) in [5, 5.41) is 3.46. The van der Waals surface area contributed by atoms with Crippen LogP contribution >= 0.6 is 11.6 Å². The summed E-state index contributed by atoms with van der Waals surface area (Å²) >= 11 is 6.38. The first-order chi connectivity index (χ1) is 14.4. The van der Waals surface area contributed by atoms with E-state index in [0.717, 1.165) is 22.4 Å². The average Bonchev–Trinajstić information content (AvgIpc) is 3.13. The molecule has 0 aliphatic carbocycles. The highest BCUT2D eigenvalue weighted by Gasteiger charge is 2.20. The van der Waals surface area contributed by atoms with E-state index in [-0.39, 0.29) is 11.8 Å². The zero-order valence-corrected chi connectivity index (χ0v) is 18.1. The Morgan fingerprint density at radius 2 is 2.00 bits per heavy atom. The minimum atomic E-state index is -0.251. The quantitative estimate of drug-likeness (QED) is 0.440. The van der Waals surface area contributed by atoms with E-state index in [9.17, 15) is 4.79 Å². The molecule has 3 aromatic rings. The van der Waals surface area contributed by atoms with E-state index in [1.54, 1.807) is 6.07 Å². The second-order valence-corrected chi connectivity index (χ2v) is 7.66. The SMILES string of the molecule is C=Nc1nc(-c2ccc(Cl)c(NC(=O)C(CC)c3ccccc3)c2)cn1C=C(C)C. The summed E-state index contributed by atoms with van der Waals surface area (Å²) in [6, 6.07) is 15.2. The normalized spacial score (nSPS) is 11.6. The van der Waals surface area contributed by atoms with Crippen molar-refractivity contribution in [2.45, 2.75) is 33.1 Å². The Hall–Kier alpha value is -3.18. The van der Waals surface area contributed by atoms with Gasteiger partial charge < -0.3 is 5.32 Å². The first-order valence-electron chi connectivity index (χ1n) is 9.79. The van der Waals surface area contributed by atoms with Crippen molar-refractivity contribution in [1.82, 2.24) is 9.55 Å². The number of hydrogen-bond donors (Lipinski definition) is 1. The lowest BCUT2D eigenvalue weighted by atomic mass is 9.95. The predicted octanol–water partition coefficient (Wildman–Crippen LogP) is 6.55. The van der Waals surface area contributed by atoms with Crippen molar-refractivity contribution < 1.29 is 4.79 Å². The van der Waals surface area contributed by atoms with Crippen LogP contribution in [-0.2, 0) is 4.79 Å². The summed E-state index contributed by atoms with van der Waals surface area (Å²) in [5.41, 5.74) is 4.19. The third kappa shape index (κ3) is 4.86. The molecule has 2 aromatic carbocycles. The number of amides is 1. The molecule has 6 heteroatoms. The van der Waals surface area contributed by atoms with Crippen LogP contribution in [0.5, 0.6) is 0 Å². The lowest BCUT2D eigenvalue weighted by molar-refractivity contribution is -0.117. The molecule has 1 amide bonds. The Labute approximate surface area is 182 Å². The Morgan fingerprint density at radius 1 is 1.27 bits per heavy atom. The van der Waals surface area contributed by atoms with Crippen LogP contribution in [0.25, 0.3) is 17.5 Å². The number of nitrogens with zero attached hydrogens (tertiary/aromatic N) is 3. The molecule has 0 fully saturated rings. The molecule has 1 unspecified atom stereocenters. The van der Waals surface area contributed by atoms with Crippen molar-refractivity contribution in [3.05, 3.63) is 70.9 Å². The number of rotatable bonds is 7. The predicted molar refractivity (Wildman–Crippen MR) is 126 cm³/mol. The van der Waals surface area contributed by atoms with Crippen LogP contribution < -0.4 is 5.32 Å². The highest BCUT2D eigenvalue weighted by molar-refractivity contribution is 6.33. The van der Waals surface area contributed by atoms with Gasteiger partial charge in [0.15, 0.2) is 0 Å². The van der Waals surface area contributed by atoms with Crippen LogP contribution in [-0.4, -0.2) is 22.2 Å². The van der Waals surface area contributed by atoms with E-state index in [1.807, 2.05) is 80.2 Å². The van der Waals surface area contributed by atoms with E-state index >= 15 is 0 Å². The molecule has 0 aliphatic rings. The van der Waals surface area contributed by atoms with Gasteiger partial charge in [0.2, 0.25) is 11.9 Å². The van der Waals surface area contributed by atoms with E-state index in [0.29, 0.717) is 23.1 Å². The van der Waals surface area contributed by atoms with Crippen molar-refractivity contribution >= 4 is 42.1 Å². The highest BCUT2D eigenvalue weighted by Crippen LogP contribution is 2.31. The maximum Gasteiger partial charge on any atom is 0.233 e. The van der Waals surface area contributed by atoms with Crippen LogP contribution in [0.15, 0.2) is 65.3 Å². The van der Waals surface area contributed by atoms with Crippen LogP contribution in [0, 0.1) is 0 Å². The Bertz CT molecular complexity index is 1080. The molecule has 1 aromatic heterocycles. The lowest BCUT2D eigenvalue weighted by Gasteiger charge is -2.16. The lowest BCUT2D eigenvalue weighted by Crippen LogP contribution is -2.20. The molecule has 5 nitrogen and oxygen atoms in total. The molecule has 0 spiro atoms. The number of halogens is 1. The van der Waals surface area contributed by atoms with Gasteiger partial charge in [-0.2, -0.15) is 0 Å². The summed E-state index contributed by atoms with van der Waals surface area (Å²) < 4.78 is 1.83. The van der Waals surface area contributed by atoms with Gasteiger partial charge in [0.05, 0.1) is 22.3 Å². The van der Waals surface area contributed by atoms with Crippen molar-refractivity contribution in [3.63, 3.8) is 0 Å². The molecule has 1 atom stereocenters. The summed E-state index contributed by atoms with van der Waals surface area (Å²) in [6.07, 6.45) is 4.50. The van der Waals surface area contributed by atoms with Crippen molar-refractivity contribution in [1.29, 1.82) is 0 Å². The van der Waals surface area contributed by atoms with Crippen molar-refractivity contribution in [2.75, 3.05) is 5.32 Å².